The van der Waals surface area contributed by atoms with Gasteiger partial charge in [-0.1, -0.05) is 26.0 Å². The summed E-state index contributed by atoms with van der Waals surface area (Å²) in [5, 5.41) is 16.9. The Morgan fingerprint density at radius 1 is 1.41 bits per heavy atom. The number of carbonyl (C=O) groups is 1. The normalized spacial score (nSPS) is 21.8. The fourth-order valence-electron chi connectivity index (χ4n) is 3.45. The lowest BCUT2D eigenvalue weighted by Crippen LogP contribution is -2.54. The molecule has 0 atom stereocenters. The van der Waals surface area contributed by atoms with Gasteiger partial charge < -0.3 is 10.4 Å². The van der Waals surface area contributed by atoms with Crippen molar-refractivity contribution < 1.29 is 14.3 Å². The quantitative estimate of drug-likeness (QED) is 0.842. The molecule has 144 valence electrons. The largest absolute Gasteiger partial charge is 0.390 e. The number of hydrogen-bond acceptors (Lipinski definition) is 4. The summed E-state index contributed by atoms with van der Waals surface area (Å²) >= 11 is 0. The third kappa shape index (κ3) is 4.42. The van der Waals surface area contributed by atoms with Crippen molar-refractivity contribution in [2.75, 3.05) is 0 Å². The van der Waals surface area contributed by atoms with Crippen LogP contribution in [0.2, 0.25) is 0 Å². The van der Waals surface area contributed by atoms with E-state index in [1.54, 1.807) is 19.1 Å². The Bertz CT molecular complexity index is 913. The minimum absolute atomic E-state index is 0.0140. The third-order valence-electron chi connectivity index (χ3n) is 4.74. The SMILES string of the molecule is CC(C)c1nn(CC(=O)N[C@H]2C[C@](C)(O)C2)c(=O)cc1-c1cccc(F)c1. The van der Waals surface area contributed by atoms with Crippen LogP contribution in [0.5, 0.6) is 0 Å². The maximum absolute atomic E-state index is 13.6. The van der Waals surface area contributed by atoms with Gasteiger partial charge in [0.1, 0.15) is 12.4 Å². The molecule has 27 heavy (non-hydrogen) atoms. The van der Waals surface area contributed by atoms with Crippen LogP contribution in [0.1, 0.15) is 45.2 Å². The first-order chi connectivity index (χ1) is 12.6. The lowest BCUT2D eigenvalue weighted by Gasteiger charge is -2.41. The van der Waals surface area contributed by atoms with E-state index < -0.39 is 11.2 Å². The number of nitrogens with zero attached hydrogens (tertiary/aromatic N) is 2. The maximum atomic E-state index is 13.6. The van der Waals surface area contributed by atoms with Gasteiger partial charge in [-0.3, -0.25) is 9.59 Å². The number of aromatic nitrogens is 2. The molecule has 0 spiro atoms. The topological polar surface area (TPSA) is 84.2 Å². The van der Waals surface area contributed by atoms with Gasteiger partial charge in [-0.05, 0) is 43.4 Å². The number of carbonyl (C=O) groups excluding carboxylic acids is 1. The second-order valence-corrected chi connectivity index (χ2v) is 7.77. The van der Waals surface area contributed by atoms with Crippen molar-refractivity contribution in [1.29, 1.82) is 0 Å². The second kappa shape index (κ2) is 7.23. The molecule has 0 bridgehead atoms. The van der Waals surface area contributed by atoms with Crippen molar-refractivity contribution in [3.8, 4) is 11.1 Å². The Balaban J connectivity index is 1.84. The van der Waals surface area contributed by atoms with Crippen LogP contribution in [0, 0.1) is 5.82 Å². The predicted molar refractivity (Wildman–Crippen MR) is 99.8 cm³/mol. The summed E-state index contributed by atoms with van der Waals surface area (Å²) in [7, 11) is 0. The highest BCUT2D eigenvalue weighted by Crippen LogP contribution is 2.31. The number of nitrogens with one attached hydrogen (secondary N) is 1. The van der Waals surface area contributed by atoms with Crippen molar-refractivity contribution in [2.45, 2.75) is 57.7 Å². The molecule has 1 amide bonds. The van der Waals surface area contributed by atoms with Crippen LogP contribution < -0.4 is 10.9 Å². The van der Waals surface area contributed by atoms with E-state index >= 15 is 0 Å². The Morgan fingerprint density at radius 2 is 2.11 bits per heavy atom. The summed E-state index contributed by atoms with van der Waals surface area (Å²) in [5.74, 6) is -0.722. The maximum Gasteiger partial charge on any atom is 0.267 e. The minimum atomic E-state index is -0.732. The van der Waals surface area contributed by atoms with E-state index in [4.69, 9.17) is 0 Å². The van der Waals surface area contributed by atoms with Crippen LogP contribution in [0.25, 0.3) is 11.1 Å². The molecule has 1 fully saturated rings. The molecule has 1 saturated carbocycles. The van der Waals surface area contributed by atoms with Crippen molar-refractivity contribution in [1.82, 2.24) is 15.1 Å². The Labute approximate surface area is 157 Å². The average Bonchev–Trinajstić information content (AvgIpc) is 2.54. The van der Waals surface area contributed by atoms with Crippen LogP contribution in [0.3, 0.4) is 0 Å². The zero-order valence-electron chi connectivity index (χ0n) is 15.7. The molecule has 7 heteroatoms. The molecule has 3 rings (SSSR count). The van der Waals surface area contributed by atoms with Crippen LogP contribution in [0.4, 0.5) is 4.39 Å². The first-order valence-corrected chi connectivity index (χ1v) is 9.04. The van der Waals surface area contributed by atoms with E-state index in [9.17, 15) is 19.1 Å². The fourth-order valence-corrected chi connectivity index (χ4v) is 3.45. The first-order valence-electron chi connectivity index (χ1n) is 9.04. The highest BCUT2D eigenvalue weighted by molar-refractivity contribution is 5.76. The van der Waals surface area contributed by atoms with Gasteiger partial charge >= 0.3 is 0 Å². The average molecular weight is 373 g/mol. The Kier molecular flexibility index (Phi) is 5.15. The van der Waals surface area contributed by atoms with Crippen molar-refractivity contribution in [2.24, 2.45) is 0 Å². The first kappa shape index (κ1) is 19.2. The molecule has 0 saturated heterocycles. The molecule has 1 aromatic heterocycles. The molecule has 6 nitrogen and oxygen atoms in total. The van der Waals surface area contributed by atoms with Crippen molar-refractivity contribution in [3.05, 3.63) is 52.2 Å². The van der Waals surface area contributed by atoms with E-state index in [1.165, 1.54) is 18.2 Å². The van der Waals surface area contributed by atoms with Crippen LogP contribution in [0.15, 0.2) is 35.1 Å². The molecule has 0 aliphatic heterocycles. The highest BCUT2D eigenvalue weighted by Gasteiger charge is 2.39. The second-order valence-electron chi connectivity index (χ2n) is 7.77. The molecule has 2 N–H and O–H groups in total. The van der Waals surface area contributed by atoms with Crippen molar-refractivity contribution in [3.63, 3.8) is 0 Å². The number of halogens is 1. The summed E-state index contributed by atoms with van der Waals surface area (Å²) < 4.78 is 14.7. The summed E-state index contributed by atoms with van der Waals surface area (Å²) in [4.78, 5) is 24.7. The molecular formula is C20H24FN3O3. The summed E-state index contributed by atoms with van der Waals surface area (Å²) in [5.41, 5.74) is 0.622. The van der Waals surface area contributed by atoms with E-state index in [2.05, 4.69) is 10.4 Å². The number of rotatable bonds is 5. The van der Waals surface area contributed by atoms with E-state index in [-0.39, 0.29) is 30.2 Å². The Morgan fingerprint density at radius 3 is 2.70 bits per heavy atom. The summed E-state index contributed by atoms with van der Waals surface area (Å²) in [6.45, 7) is 5.38. The van der Waals surface area contributed by atoms with Gasteiger partial charge in [0.05, 0.1) is 11.3 Å². The van der Waals surface area contributed by atoms with E-state index in [0.717, 1.165) is 4.68 Å². The van der Waals surface area contributed by atoms with E-state index in [0.29, 0.717) is 29.7 Å². The van der Waals surface area contributed by atoms with E-state index in [1.807, 2.05) is 13.8 Å². The zero-order valence-corrected chi connectivity index (χ0v) is 15.7. The van der Waals surface area contributed by atoms with Crippen LogP contribution >= 0.6 is 0 Å². The molecule has 1 aliphatic carbocycles. The zero-order chi connectivity index (χ0) is 19.8. The highest BCUT2D eigenvalue weighted by atomic mass is 19.1. The molecule has 0 unspecified atom stereocenters. The van der Waals surface area contributed by atoms with Gasteiger partial charge in [0.2, 0.25) is 5.91 Å². The lowest BCUT2D eigenvalue weighted by atomic mass is 9.77. The lowest BCUT2D eigenvalue weighted by molar-refractivity contribution is -0.125. The standard InChI is InChI=1S/C20H24FN3O3/c1-12(2)19-16(13-5-4-6-14(21)7-13)8-18(26)24(23-19)11-17(25)22-15-9-20(3,27)10-15/h4-8,12,15,27H,9-11H2,1-3H3,(H,22,25)/t15-,20-. The van der Waals surface area contributed by atoms with Crippen LogP contribution in [-0.4, -0.2) is 32.4 Å². The molecule has 1 aromatic carbocycles. The number of aliphatic hydroxyl groups is 1. The monoisotopic (exact) mass is 373 g/mol. The van der Waals surface area contributed by atoms with Gasteiger partial charge in [-0.25, -0.2) is 9.07 Å². The number of hydrogen-bond donors (Lipinski definition) is 2. The molecule has 1 aliphatic rings. The summed E-state index contributed by atoms with van der Waals surface area (Å²) in [6.07, 6.45) is 0.994. The van der Waals surface area contributed by atoms with Gasteiger partial charge in [0.25, 0.3) is 5.56 Å². The van der Waals surface area contributed by atoms with Gasteiger partial charge in [0, 0.05) is 17.7 Å². The van der Waals surface area contributed by atoms with Gasteiger partial charge in [0.15, 0.2) is 0 Å². The third-order valence-corrected chi connectivity index (χ3v) is 4.74. The van der Waals surface area contributed by atoms with Gasteiger partial charge in [-0.2, -0.15) is 5.10 Å². The number of amides is 1. The van der Waals surface area contributed by atoms with Crippen molar-refractivity contribution >= 4 is 5.91 Å². The predicted octanol–water partition coefficient (Wildman–Crippen LogP) is 2.20. The van der Waals surface area contributed by atoms with Crippen LogP contribution in [-0.2, 0) is 11.3 Å². The Hall–Kier alpha value is -2.54. The fraction of sp³-hybridized carbons (Fsp3) is 0.450. The number of benzene rings is 1. The molecular weight excluding hydrogens is 349 g/mol. The van der Waals surface area contributed by atoms with Gasteiger partial charge in [-0.15, -0.1) is 0 Å². The molecule has 2 aromatic rings. The smallest absolute Gasteiger partial charge is 0.267 e. The minimum Gasteiger partial charge on any atom is -0.390 e. The summed E-state index contributed by atoms with van der Waals surface area (Å²) in [6, 6.07) is 7.33. The molecule has 0 radical (unpaired) electrons. The molecule has 1 heterocycles.